The predicted molar refractivity (Wildman–Crippen MR) is 58.1 cm³/mol. The van der Waals surface area contributed by atoms with E-state index in [-0.39, 0.29) is 12.1 Å². The molecule has 0 saturated carbocycles. The fourth-order valence-electron chi connectivity index (χ4n) is 1.51. The number of hydrogen-bond donors (Lipinski definition) is 1. The molecule has 0 fully saturated rings. The van der Waals surface area contributed by atoms with E-state index in [0.29, 0.717) is 5.56 Å². The van der Waals surface area contributed by atoms with Gasteiger partial charge in [0.2, 0.25) is 0 Å². The molecule has 0 aromatic carbocycles. The van der Waals surface area contributed by atoms with Crippen molar-refractivity contribution < 1.29 is 4.74 Å². The van der Waals surface area contributed by atoms with Crippen molar-refractivity contribution in [1.82, 2.24) is 4.40 Å². The van der Waals surface area contributed by atoms with Crippen molar-refractivity contribution in [3.8, 4) is 5.75 Å². The number of fused-ring (bicyclic) bond motifs is 1. The second-order valence-electron chi connectivity index (χ2n) is 3.23. The van der Waals surface area contributed by atoms with Gasteiger partial charge in [0, 0.05) is 24.4 Å². The quantitative estimate of drug-likeness (QED) is 0.786. The highest BCUT2D eigenvalue weighted by Gasteiger charge is 2.02. The van der Waals surface area contributed by atoms with E-state index < -0.39 is 0 Å². The third-order valence-corrected chi connectivity index (χ3v) is 2.36. The predicted octanol–water partition coefficient (Wildman–Crippen LogP) is 0.767. The average molecular weight is 204 g/mol. The second kappa shape index (κ2) is 3.74. The summed E-state index contributed by atoms with van der Waals surface area (Å²) in [5.74, 6) is 0.731. The summed E-state index contributed by atoms with van der Waals surface area (Å²) in [6, 6.07) is 7.15. The summed E-state index contributed by atoms with van der Waals surface area (Å²) in [5, 5.41) is 0. The Morgan fingerprint density at radius 2 is 2.20 bits per heavy atom. The molecule has 4 nitrogen and oxygen atoms in total. The summed E-state index contributed by atoms with van der Waals surface area (Å²) >= 11 is 0. The van der Waals surface area contributed by atoms with Gasteiger partial charge in [0.05, 0.1) is 12.6 Å². The molecule has 0 unspecified atom stereocenters. The van der Waals surface area contributed by atoms with Crippen molar-refractivity contribution in [1.29, 1.82) is 0 Å². The molecule has 0 atom stereocenters. The summed E-state index contributed by atoms with van der Waals surface area (Å²) in [7, 11) is 1.60. The number of ether oxygens (including phenoxy) is 1. The van der Waals surface area contributed by atoms with Crippen molar-refractivity contribution in [3.63, 3.8) is 0 Å². The third-order valence-electron chi connectivity index (χ3n) is 2.36. The van der Waals surface area contributed by atoms with E-state index in [1.54, 1.807) is 29.8 Å². The van der Waals surface area contributed by atoms with Crippen LogP contribution in [0.5, 0.6) is 5.75 Å². The first kappa shape index (κ1) is 9.73. The second-order valence-corrected chi connectivity index (χ2v) is 3.23. The molecule has 0 aliphatic heterocycles. The molecule has 78 valence electrons. The van der Waals surface area contributed by atoms with Crippen LogP contribution in [-0.2, 0) is 6.54 Å². The molecule has 0 radical (unpaired) electrons. The van der Waals surface area contributed by atoms with Crippen LogP contribution in [0.2, 0.25) is 0 Å². The fraction of sp³-hybridized carbons (Fsp3) is 0.182. The van der Waals surface area contributed by atoms with Crippen molar-refractivity contribution in [2.75, 3.05) is 7.11 Å². The van der Waals surface area contributed by atoms with Gasteiger partial charge in [-0.05, 0) is 12.1 Å². The first-order valence-corrected chi connectivity index (χ1v) is 4.64. The Morgan fingerprint density at radius 3 is 2.87 bits per heavy atom. The van der Waals surface area contributed by atoms with Gasteiger partial charge in [0.1, 0.15) is 5.75 Å². The maximum absolute atomic E-state index is 11.8. The lowest BCUT2D eigenvalue weighted by molar-refractivity contribution is 0.414. The Bertz CT molecular complexity index is 546. The summed E-state index contributed by atoms with van der Waals surface area (Å²) in [4.78, 5) is 11.8. The van der Waals surface area contributed by atoms with Gasteiger partial charge in [-0.1, -0.05) is 6.07 Å². The number of nitrogens with zero attached hydrogens (tertiary/aromatic N) is 1. The summed E-state index contributed by atoms with van der Waals surface area (Å²) < 4.78 is 6.64. The monoisotopic (exact) mass is 204 g/mol. The van der Waals surface area contributed by atoms with E-state index in [1.807, 2.05) is 12.1 Å². The molecule has 0 spiro atoms. The SMILES string of the molecule is COc1ccn2c(=O)c(CN)ccc2c1. The maximum atomic E-state index is 11.8. The molecule has 2 aromatic rings. The van der Waals surface area contributed by atoms with Crippen LogP contribution in [0.3, 0.4) is 0 Å². The number of rotatable bonds is 2. The van der Waals surface area contributed by atoms with Crippen LogP contribution in [-0.4, -0.2) is 11.5 Å². The Hall–Kier alpha value is -1.81. The number of pyridine rings is 2. The molecular formula is C11H12N2O2. The van der Waals surface area contributed by atoms with Gasteiger partial charge in [-0.3, -0.25) is 9.20 Å². The molecule has 0 amide bonds. The molecule has 2 N–H and O–H groups in total. The van der Waals surface area contributed by atoms with Gasteiger partial charge in [-0.15, -0.1) is 0 Å². The standard InChI is InChI=1S/C11H12N2O2/c1-15-10-4-5-13-9(6-10)3-2-8(7-12)11(13)14/h2-6H,7,12H2,1H3. The summed E-state index contributed by atoms with van der Waals surface area (Å²) in [6.45, 7) is 0.258. The maximum Gasteiger partial charge on any atom is 0.259 e. The zero-order chi connectivity index (χ0) is 10.8. The Kier molecular flexibility index (Phi) is 2.43. The van der Waals surface area contributed by atoms with E-state index in [0.717, 1.165) is 11.3 Å². The average Bonchev–Trinajstić information content (AvgIpc) is 2.29. The van der Waals surface area contributed by atoms with E-state index in [4.69, 9.17) is 10.5 Å². The minimum Gasteiger partial charge on any atom is -0.497 e. The zero-order valence-electron chi connectivity index (χ0n) is 8.43. The zero-order valence-corrected chi connectivity index (χ0v) is 8.43. The topological polar surface area (TPSA) is 56.7 Å². The van der Waals surface area contributed by atoms with E-state index in [9.17, 15) is 4.79 Å². The highest BCUT2D eigenvalue weighted by molar-refractivity contribution is 5.51. The van der Waals surface area contributed by atoms with Crippen LogP contribution < -0.4 is 16.0 Å². The van der Waals surface area contributed by atoms with Crippen LogP contribution in [0.15, 0.2) is 35.3 Å². The lowest BCUT2D eigenvalue weighted by Gasteiger charge is -2.05. The number of hydrogen-bond acceptors (Lipinski definition) is 3. The van der Waals surface area contributed by atoms with Gasteiger partial charge < -0.3 is 10.5 Å². The molecule has 0 aliphatic carbocycles. The van der Waals surface area contributed by atoms with Gasteiger partial charge >= 0.3 is 0 Å². The van der Waals surface area contributed by atoms with Crippen molar-refractivity contribution in [2.45, 2.75) is 6.54 Å². The smallest absolute Gasteiger partial charge is 0.259 e. The van der Waals surface area contributed by atoms with Gasteiger partial charge in [0.25, 0.3) is 5.56 Å². The molecule has 0 aliphatic rings. The minimum atomic E-state index is -0.0716. The van der Waals surface area contributed by atoms with Crippen molar-refractivity contribution >= 4 is 5.52 Å². The molecule has 4 heteroatoms. The number of aromatic nitrogens is 1. The lowest BCUT2D eigenvalue weighted by atomic mass is 10.2. The van der Waals surface area contributed by atoms with E-state index in [2.05, 4.69) is 0 Å². The number of methoxy groups -OCH3 is 1. The third kappa shape index (κ3) is 1.59. The van der Waals surface area contributed by atoms with Crippen LogP contribution in [0.4, 0.5) is 0 Å². The number of nitrogens with two attached hydrogens (primary N) is 1. The van der Waals surface area contributed by atoms with Gasteiger partial charge in [0.15, 0.2) is 0 Å². The van der Waals surface area contributed by atoms with Crippen LogP contribution in [0.25, 0.3) is 5.52 Å². The van der Waals surface area contributed by atoms with Crippen molar-refractivity contribution in [3.05, 3.63) is 46.4 Å². The first-order chi connectivity index (χ1) is 7.26. The van der Waals surface area contributed by atoms with E-state index >= 15 is 0 Å². The molecular weight excluding hydrogens is 192 g/mol. The highest BCUT2D eigenvalue weighted by Crippen LogP contribution is 2.12. The molecule has 15 heavy (non-hydrogen) atoms. The Morgan fingerprint density at radius 1 is 1.40 bits per heavy atom. The Balaban J connectivity index is 2.74. The van der Waals surface area contributed by atoms with Crippen molar-refractivity contribution in [2.24, 2.45) is 5.73 Å². The van der Waals surface area contributed by atoms with Crippen LogP contribution in [0, 0.1) is 0 Å². The summed E-state index contributed by atoms with van der Waals surface area (Å²) in [6.07, 6.45) is 1.69. The highest BCUT2D eigenvalue weighted by atomic mass is 16.5. The molecule has 2 aromatic heterocycles. The largest absolute Gasteiger partial charge is 0.497 e. The molecule has 0 bridgehead atoms. The Labute approximate surface area is 86.9 Å². The van der Waals surface area contributed by atoms with Crippen LogP contribution in [0.1, 0.15) is 5.56 Å². The lowest BCUT2D eigenvalue weighted by Crippen LogP contribution is -2.20. The van der Waals surface area contributed by atoms with Gasteiger partial charge in [-0.2, -0.15) is 0 Å². The minimum absolute atomic E-state index is 0.0716. The van der Waals surface area contributed by atoms with Gasteiger partial charge in [-0.25, -0.2) is 0 Å². The first-order valence-electron chi connectivity index (χ1n) is 4.64. The van der Waals surface area contributed by atoms with Crippen LogP contribution >= 0.6 is 0 Å². The summed E-state index contributed by atoms with van der Waals surface area (Å²) in [5.41, 5.74) is 6.80. The molecule has 0 saturated heterocycles. The fourth-order valence-corrected chi connectivity index (χ4v) is 1.51. The van der Waals surface area contributed by atoms with E-state index in [1.165, 1.54) is 0 Å². The molecule has 2 heterocycles. The molecule has 2 rings (SSSR count). The normalized spacial score (nSPS) is 10.5.